The van der Waals surface area contributed by atoms with Crippen molar-refractivity contribution in [3.05, 3.63) is 93.0 Å². The van der Waals surface area contributed by atoms with Crippen molar-refractivity contribution in [2.75, 3.05) is 109 Å². The summed E-state index contributed by atoms with van der Waals surface area (Å²) in [5.74, 6) is -25.0. The lowest BCUT2D eigenvalue weighted by Crippen LogP contribution is -2.51. The van der Waals surface area contributed by atoms with Crippen molar-refractivity contribution >= 4 is 23.9 Å². The van der Waals surface area contributed by atoms with E-state index in [1.807, 2.05) is 0 Å². The minimum atomic E-state index is -3.23. The average Bonchev–Trinajstić information content (AvgIpc) is 0.681. The van der Waals surface area contributed by atoms with E-state index in [0.717, 1.165) is 65.5 Å². The van der Waals surface area contributed by atoms with Crippen LogP contribution in [0, 0.1) is 70.9 Å². The maximum atomic E-state index is 13.1. The molecule has 16 unspecified atom stereocenters. The Kier molecular flexibility index (Phi) is 17.7. The van der Waals surface area contributed by atoms with Gasteiger partial charge in [-0.1, -0.05) is 110 Å². The van der Waals surface area contributed by atoms with Crippen LogP contribution in [0.1, 0.15) is 299 Å². The van der Waals surface area contributed by atoms with Gasteiger partial charge in [0.1, 0.15) is 48.5 Å². The number of nitrogens with two attached hydrogens (primary N) is 4. The number of methoxy groups -OCH3 is 8. The number of nitrogens with zero attached hydrogens (tertiary/aromatic N) is 4. The zero-order valence-corrected chi connectivity index (χ0v) is 71.1. The maximum absolute atomic E-state index is 13.1. The summed E-state index contributed by atoms with van der Waals surface area (Å²) in [6.45, 7) is -11.3. The van der Waals surface area contributed by atoms with Crippen LogP contribution in [0.25, 0.3) is 0 Å². The molecule has 0 aromatic heterocycles. The van der Waals surface area contributed by atoms with Gasteiger partial charge in [0, 0.05) is 180 Å². The highest BCUT2D eigenvalue weighted by Gasteiger charge is 2.47. The van der Waals surface area contributed by atoms with Gasteiger partial charge in [-0.2, -0.15) is 0 Å². The van der Waals surface area contributed by atoms with E-state index in [1.54, 1.807) is 55.4 Å². The van der Waals surface area contributed by atoms with Crippen molar-refractivity contribution in [3.8, 4) is 46.0 Å². The highest BCUT2D eigenvalue weighted by Crippen LogP contribution is 2.50. The Morgan fingerprint density at radius 2 is 0.625 bits per heavy atom. The van der Waals surface area contributed by atoms with Gasteiger partial charge in [-0.05, 0) is 191 Å². The molecule has 0 bridgehead atoms. The molecule has 8 aliphatic rings. The minimum absolute atomic E-state index is 0.0177. The molecule has 8 heterocycles. The Labute approximate surface area is 789 Å². The number of hydrogen-bond acceptors (Lipinski definition) is 24. The smallest absolute Gasteiger partial charge is 0.323 e. The van der Waals surface area contributed by atoms with Crippen molar-refractivity contribution in [1.82, 2.24) is 19.6 Å². The van der Waals surface area contributed by atoms with Gasteiger partial charge in [-0.15, -0.1) is 0 Å². The lowest BCUT2D eigenvalue weighted by Gasteiger charge is -2.47. The van der Waals surface area contributed by atoms with E-state index in [1.165, 1.54) is 73.0 Å². The van der Waals surface area contributed by atoms with Gasteiger partial charge in [0.15, 0.2) is 46.0 Å². The summed E-state index contributed by atoms with van der Waals surface area (Å²) in [5, 5.41) is 0. The molecule has 8 aliphatic heterocycles. The number of piperidine rings is 4. The first-order valence-corrected chi connectivity index (χ1v) is 39.3. The molecule has 0 saturated carbocycles. The summed E-state index contributed by atoms with van der Waals surface area (Å²) in [7, 11) is 1.77. The Morgan fingerprint density at radius 1 is 0.375 bits per heavy atom. The number of fused-ring (bicyclic) bond motifs is 12. The van der Waals surface area contributed by atoms with Gasteiger partial charge in [0.2, 0.25) is 0 Å². The first-order chi connectivity index (χ1) is 76.0. The van der Waals surface area contributed by atoms with Gasteiger partial charge in [0.05, 0.1) is 70.4 Å². The van der Waals surface area contributed by atoms with E-state index in [9.17, 15) is 24.7 Å². The number of carbonyl (C=O) groups is 4. The van der Waals surface area contributed by atoms with Crippen molar-refractivity contribution in [1.29, 1.82) is 0 Å². The third-order valence-corrected chi connectivity index (χ3v) is 21.3. The lowest BCUT2D eigenvalue weighted by atomic mass is 9.79. The fourth-order valence-corrected chi connectivity index (χ4v) is 14.4. The molecule has 4 fully saturated rings. The van der Waals surface area contributed by atoms with E-state index in [4.69, 9.17) is 143 Å². The Morgan fingerprint density at radius 3 is 0.908 bits per heavy atom. The topological polar surface area (TPSA) is 296 Å². The predicted octanol–water partition coefficient (Wildman–Crippen LogP) is 14.3. The van der Waals surface area contributed by atoms with Crippen LogP contribution in [0.15, 0.2) is 48.5 Å². The van der Waals surface area contributed by atoms with Crippen LogP contribution in [0.4, 0.5) is 0 Å². The number of benzene rings is 4. The van der Waals surface area contributed by atoms with Gasteiger partial charge in [-0.25, -0.2) is 0 Å². The second-order valence-electron chi connectivity index (χ2n) is 31.3. The van der Waals surface area contributed by atoms with Crippen LogP contribution in [0.5, 0.6) is 46.0 Å². The largest absolute Gasteiger partial charge is 0.493 e. The third-order valence-electron chi connectivity index (χ3n) is 21.3. The first kappa shape index (κ1) is 48.4. The summed E-state index contributed by atoms with van der Waals surface area (Å²) < 4.78 is 487. The molecule has 12 rings (SSSR count). The molecule has 0 radical (unpaired) electrons. The Hall–Kier alpha value is -7.16. The summed E-state index contributed by atoms with van der Waals surface area (Å²) in [5.41, 5.74) is 22.8. The second-order valence-corrected chi connectivity index (χ2v) is 31.3. The molecule has 0 spiro atoms. The highest BCUT2D eigenvalue weighted by molar-refractivity contribution is 5.77. The van der Waals surface area contributed by atoms with Crippen LogP contribution in [-0.2, 0) is 63.6 Å². The van der Waals surface area contributed by atoms with Gasteiger partial charge in [0.25, 0.3) is 0 Å². The normalized spacial score (nSPS) is 39.9. The molecule has 0 amide bonds. The van der Waals surface area contributed by atoms with Crippen LogP contribution >= 0.6 is 0 Å². The van der Waals surface area contributed by atoms with E-state index < -0.39 is 349 Å². The van der Waals surface area contributed by atoms with Crippen molar-refractivity contribution < 1.29 is 145 Å². The molecule has 4 aromatic rings. The van der Waals surface area contributed by atoms with E-state index in [2.05, 4.69) is 0 Å². The highest BCUT2D eigenvalue weighted by atomic mass is 16.6. The SMILES string of the molecule is [2H]C([2H])([2H])Oc1cc2c(cc1OC)C1([2H])CC(OC(=O)[C@@H](N)C(C)C)C(C([2H])([2H])C([2H])(C)C([2H])([2H])[2H])CN1C([2H])([2H])C2([2H])[2H].[2H]C([2H])([2H])Oc1cc2c(cc1OC)C1CC([2H])(OC(=O)[C@@H](N)C(C)C)C(C([2H])([2H])C([2H])(C)C([2H])([2H])[2H])CN1C([2H])([2H])C2([2H])[2H].[2H]C1(OC(=O)[C@@H](N)C(C)C)CC2c3cc(OC)c(OC)cc3C([2H])([2H])C([2H])([2H])N2CC1C([2H])([2H])C([2H])(C)C([2H])([2H])[2H].[2H]C12CC(OC(=O)[C@@H](N)C(C)C)C(C([2H])([2H])C([2H])(C)C([2H])([2H])[2H])CN1C([2H])([2H])C([2H])([2H])c1cc(OC)c(OC)cc12. The number of esters is 4. The van der Waals surface area contributed by atoms with Crippen molar-refractivity contribution in [2.45, 2.75) is 260 Å². The van der Waals surface area contributed by atoms with E-state index in [0.29, 0.717) is 0 Å². The predicted molar refractivity (Wildman–Crippen MR) is 471 cm³/mol. The zero-order valence-electron chi connectivity index (χ0n) is 121. The van der Waals surface area contributed by atoms with Gasteiger partial charge < -0.3 is 79.8 Å². The number of ether oxygens (including phenoxy) is 12. The number of hydrogen-bond donors (Lipinski definition) is 4. The van der Waals surface area contributed by atoms with Gasteiger partial charge >= 0.3 is 23.9 Å². The standard InChI is InChI=1S/4C24H38N2O4/c4*1-14(2)9-17-13-26-8-7-16-10-21(28-5)22(29-6)11-18(16)19(26)12-20(17)30-24(27)23(25)15(3)4/h4*10-11,14-15,17,19-20,23H,7-9,12-13,25H2,1-6H3/t4*17?,19?,20?,23-/m0000/s1/i1D3,5D3,7D2,8D2,9D2,14D,20D;1D3,5D3,7D2,8D2,9D2,14D,19D;1D3,7D2,8D2,9D2,14D,20D;1D3,7D2,8D2,9D2,14D,19D/t4*14?,17?,19?,20?,23-. The summed E-state index contributed by atoms with van der Waals surface area (Å²) in [4.78, 5) is 55.7. The summed E-state index contributed by atoms with van der Waals surface area (Å²) in [6, 6.07) is -2.06. The monoisotopic (exact) mass is 1720 g/mol. The molecule has 24 heteroatoms. The Bertz CT molecular complexity index is 6370. The summed E-state index contributed by atoms with van der Waals surface area (Å²) >= 11 is 0. The van der Waals surface area contributed by atoms with Crippen LogP contribution in [-0.4, -0.2) is 201 Å². The molecule has 0 aliphatic carbocycles. The fraction of sp³-hybridized carbons (Fsp3) is 0.708. The molecule has 4 saturated heterocycles. The number of rotatable bonds is 28. The van der Waals surface area contributed by atoms with Crippen LogP contribution in [0.3, 0.4) is 0 Å². The third kappa shape index (κ3) is 23.8. The second kappa shape index (κ2) is 43.9. The lowest BCUT2D eigenvalue weighted by molar-refractivity contribution is -0.161. The fourth-order valence-electron chi connectivity index (χ4n) is 14.4. The quantitative estimate of drug-likeness (QED) is 0.0303. The van der Waals surface area contributed by atoms with Gasteiger partial charge in [-0.3, -0.25) is 38.8 Å². The Balaban J connectivity index is 0.000000249. The number of aryl methyl sites for hydroxylation is 4. The summed E-state index contributed by atoms with van der Waals surface area (Å²) in [6.07, 6.45) is -34.3. The first-order valence-electron chi connectivity index (χ1n) is 64.3. The molecule has 20 atom stereocenters. The molecule has 4 aromatic carbocycles. The minimum Gasteiger partial charge on any atom is -0.493 e. The van der Waals surface area contributed by atoms with E-state index in [-0.39, 0.29) is 79.4 Å². The van der Waals surface area contributed by atoms with Crippen molar-refractivity contribution in [3.63, 3.8) is 0 Å². The van der Waals surface area contributed by atoms with Crippen molar-refractivity contribution in [2.24, 2.45) is 93.9 Å². The maximum Gasteiger partial charge on any atom is 0.323 e. The molecule has 120 heavy (non-hydrogen) atoms. The molecular formula is C96H152N8O16. The molecule has 672 valence electrons. The molecule has 24 nitrogen and oxygen atoms in total. The number of carbonyl (C=O) groups excluding carboxylic acids is 4. The van der Waals surface area contributed by atoms with E-state index >= 15 is 0 Å². The zero-order chi connectivity index (χ0) is 132. The molecule has 8 N–H and O–H groups in total. The molecular weight excluding hydrogens is 1520 g/mol. The van der Waals surface area contributed by atoms with Crippen LogP contribution < -0.4 is 60.8 Å². The average molecular weight is 1720 g/mol. The van der Waals surface area contributed by atoms with Crippen LogP contribution in [0.2, 0.25) is 0 Å².